The summed E-state index contributed by atoms with van der Waals surface area (Å²) in [5.41, 5.74) is 0.783. The molecule has 0 aliphatic carbocycles. The Kier molecular flexibility index (Phi) is 7.43. The zero-order chi connectivity index (χ0) is 16.5. The van der Waals surface area contributed by atoms with Gasteiger partial charge in [-0.25, -0.2) is 0 Å². The molecule has 0 atom stereocenters. The van der Waals surface area contributed by atoms with Crippen LogP contribution in [0.3, 0.4) is 0 Å². The average molecular weight is 341 g/mol. The Labute approximate surface area is 138 Å². The first-order chi connectivity index (χ1) is 10.5. The molecule has 2 aromatic rings. The van der Waals surface area contributed by atoms with E-state index in [0.717, 1.165) is 6.29 Å². The molecule has 0 saturated heterocycles. The van der Waals surface area contributed by atoms with Gasteiger partial charge < -0.3 is 9.84 Å². The van der Waals surface area contributed by atoms with Crippen molar-refractivity contribution in [2.45, 2.75) is 6.92 Å². The van der Waals surface area contributed by atoms with Gasteiger partial charge in [0.05, 0.1) is 17.7 Å². The molecule has 2 rings (SSSR count). The predicted octanol–water partition coefficient (Wildman–Crippen LogP) is 4.41. The van der Waals surface area contributed by atoms with E-state index in [0.29, 0.717) is 34.3 Å². The fourth-order valence-electron chi connectivity index (χ4n) is 1.50. The summed E-state index contributed by atoms with van der Waals surface area (Å²) < 4.78 is 5.19. The summed E-state index contributed by atoms with van der Waals surface area (Å²) in [6, 6.07) is 9.27. The highest BCUT2D eigenvalue weighted by Gasteiger charge is 2.02. The van der Waals surface area contributed by atoms with Crippen molar-refractivity contribution in [2.75, 3.05) is 6.61 Å². The lowest BCUT2D eigenvalue weighted by Crippen LogP contribution is -1.95. The van der Waals surface area contributed by atoms with Gasteiger partial charge in [0.1, 0.15) is 11.5 Å². The van der Waals surface area contributed by atoms with E-state index in [1.54, 1.807) is 24.3 Å². The first-order valence-corrected chi connectivity index (χ1v) is 7.08. The molecule has 0 radical (unpaired) electrons. The Hall–Kier alpha value is -2.04. The lowest BCUT2D eigenvalue weighted by atomic mass is 10.2. The van der Waals surface area contributed by atoms with Crippen LogP contribution in [0.1, 0.15) is 27.6 Å². The second-order valence-corrected chi connectivity index (χ2v) is 4.93. The summed E-state index contributed by atoms with van der Waals surface area (Å²) in [4.78, 5) is 20.6. The third-order valence-corrected chi connectivity index (χ3v) is 2.99. The van der Waals surface area contributed by atoms with Crippen LogP contribution < -0.4 is 4.74 Å². The molecule has 0 bridgehead atoms. The molecule has 4 nitrogen and oxygen atoms in total. The maximum absolute atomic E-state index is 10.5. The molecule has 0 heterocycles. The number of phenols is 1. The molecule has 0 spiro atoms. The van der Waals surface area contributed by atoms with Gasteiger partial charge in [-0.1, -0.05) is 23.2 Å². The number of aldehydes is 2. The molecule has 116 valence electrons. The number of carbonyl (C=O) groups excluding carboxylic acids is 2. The van der Waals surface area contributed by atoms with Gasteiger partial charge in [0.25, 0.3) is 0 Å². The van der Waals surface area contributed by atoms with Crippen molar-refractivity contribution < 1.29 is 19.4 Å². The number of aromatic hydroxyl groups is 1. The number of hydrogen-bond donors (Lipinski definition) is 1. The molecule has 2 aromatic carbocycles. The summed E-state index contributed by atoms with van der Waals surface area (Å²) in [5.74, 6) is 0.461. The van der Waals surface area contributed by atoms with E-state index >= 15 is 0 Å². The molecule has 0 amide bonds. The van der Waals surface area contributed by atoms with Crippen LogP contribution in [0.15, 0.2) is 36.4 Å². The Balaban J connectivity index is 0.000000224. The van der Waals surface area contributed by atoms with Crippen LogP contribution in [0.25, 0.3) is 0 Å². The molecule has 6 heteroatoms. The van der Waals surface area contributed by atoms with Crippen molar-refractivity contribution >= 4 is 35.8 Å². The molecule has 0 unspecified atom stereocenters. The van der Waals surface area contributed by atoms with Crippen LogP contribution >= 0.6 is 23.2 Å². The van der Waals surface area contributed by atoms with E-state index in [2.05, 4.69) is 0 Å². The third kappa shape index (κ3) is 5.39. The van der Waals surface area contributed by atoms with Crippen molar-refractivity contribution in [3.8, 4) is 11.5 Å². The minimum Gasteiger partial charge on any atom is -0.507 e. The normalized spacial score (nSPS) is 9.41. The number of halogens is 2. The number of benzene rings is 2. The molecule has 1 N–H and O–H groups in total. The van der Waals surface area contributed by atoms with Crippen molar-refractivity contribution in [3.05, 3.63) is 57.6 Å². The summed E-state index contributed by atoms with van der Waals surface area (Å²) >= 11 is 11.2. The van der Waals surface area contributed by atoms with Crippen molar-refractivity contribution in [2.24, 2.45) is 0 Å². The molecular formula is C16H14Cl2O4. The lowest BCUT2D eigenvalue weighted by molar-refractivity contribution is 0.111. The largest absolute Gasteiger partial charge is 0.507 e. The maximum atomic E-state index is 10.5. The number of hydrogen-bond acceptors (Lipinski definition) is 4. The molecule has 0 saturated carbocycles. The van der Waals surface area contributed by atoms with Crippen molar-refractivity contribution in [1.29, 1.82) is 0 Å². The van der Waals surface area contributed by atoms with Gasteiger partial charge in [0.2, 0.25) is 0 Å². The Morgan fingerprint density at radius 1 is 1.00 bits per heavy atom. The Morgan fingerprint density at radius 2 is 1.55 bits per heavy atom. The average Bonchev–Trinajstić information content (AvgIpc) is 2.49. The number of carbonyl (C=O) groups is 2. The standard InChI is InChI=1S/C9H9ClO2.C7H5ClO2/c1-2-12-9-5-8(10)4-3-7(9)6-11;8-6-2-1-5(4-9)7(10)3-6/h3-6H,2H2,1H3;1-4,10H. The zero-order valence-corrected chi connectivity index (χ0v) is 13.3. The molecule has 0 aromatic heterocycles. The van der Waals surface area contributed by atoms with Crippen LogP contribution in [-0.2, 0) is 0 Å². The first-order valence-electron chi connectivity index (χ1n) is 6.33. The minimum absolute atomic E-state index is 0.0810. The molecule has 0 fully saturated rings. The van der Waals surface area contributed by atoms with Crippen LogP contribution in [0.2, 0.25) is 10.0 Å². The van der Waals surface area contributed by atoms with E-state index in [1.165, 1.54) is 12.1 Å². The van der Waals surface area contributed by atoms with Gasteiger partial charge in [-0.15, -0.1) is 0 Å². The van der Waals surface area contributed by atoms with Crippen LogP contribution in [-0.4, -0.2) is 24.3 Å². The van der Waals surface area contributed by atoms with E-state index in [4.69, 9.17) is 33.0 Å². The summed E-state index contributed by atoms with van der Waals surface area (Å²) in [6.45, 7) is 2.39. The van der Waals surface area contributed by atoms with Crippen molar-refractivity contribution in [3.63, 3.8) is 0 Å². The summed E-state index contributed by atoms with van der Waals surface area (Å²) in [6.07, 6.45) is 1.33. The first kappa shape index (κ1) is 18.0. The van der Waals surface area contributed by atoms with Crippen LogP contribution in [0.5, 0.6) is 11.5 Å². The van der Waals surface area contributed by atoms with Gasteiger partial charge >= 0.3 is 0 Å². The lowest BCUT2D eigenvalue weighted by Gasteiger charge is -2.05. The molecule has 0 aliphatic heterocycles. The smallest absolute Gasteiger partial charge is 0.153 e. The topological polar surface area (TPSA) is 63.6 Å². The predicted molar refractivity (Wildman–Crippen MR) is 86.5 cm³/mol. The third-order valence-electron chi connectivity index (χ3n) is 2.52. The number of rotatable bonds is 4. The monoisotopic (exact) mass is 340 g/mol. The molecular weight excluding hydrogens is 327 g/mol. The Bertz CT molecular complexity index is 657. The number of phenolic OH excluding ortho intramolecular Hbond substituents is 1. The highest BCUT2D eigenvalue weighted by Crippen LogP contribution is 2.21. The van der Waals surface area contributed by atoms with Crippen LogP contribution in [0.4, 0.5) is 0 Å². The van der Waals surface area contributed by atoms with Gasteiger partial charge in [-0.2, -0.15) is 0 Å². The van der Waals surface area contributed by atoms with Crippen molar-refractivity contribution in [1.82, 2.24) is 0 Å². The maximum Gasteiger partial charge on any atom is 0.153 e. The molecule has 0 aliphatic rings. The van der Waals surface area contributed by atoms with Gasteiger partial charge in [0.15, 0.2) is 12.6 Å². The fourth-order valence-corrected chi connectivity index (χ4v) is 1.83. The van der Waals surface area contributed by atoms with E-state index in [-0.39, 0.29) is 11.3 Å². The second-order valence-electron chi connectivity index (χ2n) is 4.05. The quantitative estimate of drug-likeness (QED) is 0.837. The highest BCUT2D eigenvalue weighted by molar-refractivity contribution is 6.31. The second kappa shape index (κ2) is 9.07. The van der Waals surface area contributed by atoms with E-state index < -0.39 is 0 Å². The highest BCUT2D eigenvalue weighted by atomic mass is 35.5. The van der Waals surface area contributed by atoms with E-state index in [9.17, 15) is 9.59 Å². The summed E-state index contributed by atoms with van der Waals surface area (Å²) in [5, 5.41) is 9.97. The number of ether oxygens (including phenoxy) is 1. The zero-order valence-electron chi connectivity index (χ0n) is 11.8. The van der Waals surface area contributed by atoms with Gasteiger partial charge in [-0.05, 0) is 43.3 Å². The minimum atomic E-state index is -0.0810. The van der Waals surface area contributed by atoms with Gasteiger partial charge in [-0.3, -0.25) is 9.59 Å². The Morgan fingerprint density at radius 3 is 2.05 bits per heavy atom. The SMILES string of the molecule is CCOc1cc(Cl)ccc1C=O.O=Cc1ccc(Cl)cc1O. The fraction of sp³-hybridized carbons (Fsp3) is 0.125. The summed E-state index contributed by atoms with van der Waals surface area (Å²) in [7, 11) is 0. The van der Waals surface area contributed by atoms with Crippen LogP contribution in [0, 0.1) is 0 Å². The molecule has 22 heavy (non-hydrogen) atoms. The van der Waals surface area contributed by atoms with Gasteiger partial charge in [0, 0.05) is 10.0 Å². The van der Waals surface area contributed by atoms with E-state index in [1.807, 2.05) is 6.92 Å².